The Labute approximate surface area is 190 Å². The Kier molecular flexibility index (Phi) is 6.54. The first-order valence-corrected chi connectivity index (χ1v) is 12.5. The third kappa shape index (κ3) is 4.89. The Morgan fingerprint density at radius 3 is 2.65 bits per heavy atom. The monoisotopic (exact) mass is 477 g/mol. The minimum Gasteiger partial charge on any atom is -0.485 e. The molecule has 1 aliphatic heterocycles. The van der Waals surface area contributed by atoms with Gasteiger partial charge in [-0.25, -0.2) is 8.42 Å². The van der Waals surface area contributed by atoms with Gasteiger partial charge in [-0.05, 0) is 36.4 Å². The fourth-order valence-electron chi connectivity index (χ4n) is 3.09. The Hall–Kier alpha value is -2.49. The maximum Gasteiger partial charge on any atom is 0.192 e. The van der Waals surface area contributed by atoms with Gasteiger partial charge in [0, 0.05) is 17.3 Å². The van der Waals surface area contributed by atoms with Crippen LogP contribution in [0.5, 0.6) is 11.5 Å². The fourth-order valence-corrected chi connectivity index (χ4v) is 5.82. The van der Waals surface area contributed by atoms with Crippen LogP contribution < -0.4 is 9.47 Å². The van der Waals surface area contributed by atoms with Gasteiger partial charge in [0.1, 0.15) is 6.61 Å². The van der Waals surface area contributed by atoms with Crippen molar-refractivity contribution in [1.29, 1.82) is 0 Å². The number of hydrogen-bond acceptors (Lipinski definition) is 7. The summed E-state index contributed by atoms with van der Waals surface area (Å²) < 4.78 is 38.8. The zero-order valence-corrected chi connectivity index (χ0v) is 18.9. The molecule has 0 radical (unpaired) electrons. The average molecular weight is 478 g/mol. The standard InChI is InChI=1S/C21H20ClN3O4S2/c1-2-11-25-20(19-14-28-17-5-3-4-6-18(17)29-19)23-24-21(25)30-12-13-31(26,27)16-9-7-15(22)8-10-16/h2-10,19H,1,11-14H2/t19-/m1/s1. The van der Waals surface area contributed by atoms with E-state index in [1.165, 1.54) is 23.9 Å². The molecule has 0 fully saturated rings. The number of aromatic nitrogens is 3. The lowest BCUT2D eigenvalue weighted by atomic mass is 10.2. The third-order valence-corrected chi connectivity index (χ3v) is 7.82. The van der Waals surface area contributed by atoms with Crippen LogP contribution in [-0.2, 0) is 16.4 Å². The first-order valence-electron chi connectivity index (χ1n) is 9.51. The molecule has 0 amide bonds. The molecule has 2 heterocycles. The van der Waals surface area contributed by atoms with E-state index in [1.807, 2.05) is 28.8 Å². The molecular weight excluding hydrogens is 458 g/mol. The van der Waals surface area contributed by atoms with E-state index in [0.717, 1.165) is 0 Å². The summed E-state index contributed by atoms with van der Waals surface area (Å²) in [5.41, 5.74) is 0. The van der Waals surface area contributed by atoms with Crippen molar-refractivity contribution in [2.75, 3.05) is 18.1 Å². The largest absolute Gasteiger partial charge is 0.485 e. The summed E-state index contributed by atoms with van der Waals surface area (Å²) in [6.45, 7) is 4.58. The maximum absolute atomic E-state index is 12.6. The molecule has 10 heteroatoms. The van der Waals surface area contributed by atoms with Gasteiger partial charge in [0.25, 0.3) is 0 Å². The van der Waals surface area contributed by atoms with E-state index in [-0.39, 0.29) is 10.6 Å². The van der Waals surface area contributed by atoms with Crippen molar-refractivity contribution >= 4 is 33.2 Å². The molecule has 1 aromatic heterocycles. The van der Waals surface area contributed by atoms with Crippen molar-refractivity contribution in [2.24, 2.45) is 0 Å². The lowest BCUT2D eigenvalue weighted by Crippen LogP contribution is -2.25. The van der Waals surface area contributed by atoms with Crippen LogP contribution in [0.15, 0.2) is 71.2 Å². The van der Waals surface area contributed by atoms with Crippen LogP contribution in [0.4, 0.5) is 0 Å². The third-order valence-electron chi connectivity index (χ3n) is 4.61. The van der Waals surface area contributed by atoms with E-state index in [9.17, 15) is 8.42 Å². The summed E-state index contributed by atoms with van der Waals surface area (Å²) in [4.78, 5) is 0.247. The molecule has 7 nitrogen and oxygen atoms in total. The van der Waals surface area contributed by atoms with Gasteiger partial charge in [0.05, 0.1) is 10.6 Å². The quantitative estimate of drug-likeness (QED) is 0.355. The van der Waals surface area contributed by atoms with E-state index in [2.05, 4.69) is 16.8 Å². The highest BCUT2D eigenvalue weighted by molar-refractivity contribution is 8.00. The lowest BCUT2D eigenvalue weighted by Gasteiger charge is -2.26. The van der Waals surface area contributed by atoms with Gasteiger partial charge in [0.2, 0.25) is 0 Å². The highest BCUT2D eigenvalue weighted by Crippen LogP contribution is 2.36. The second kappa shape index (κ2) is 9.33. The smallest absolute Gasteiger partial charge is 0.192 e. The normalized spacial score (nSPS) is 15.6. The van der Waals surface area contributed by atoms with Gasteiger partial charge < -0.3 is 9.47 Å². The fraction of sp³-hybridized carbons (Fsp3) is 0.238. The second-order valence-electron chi connectivity index (χ2n) is 6.73. The Morgan fingerprint density at radius 1 is 1.16 bits per heavy atom. The van der Waals surface area contributed by atoms with Crippen molar-refractivity contribution in [2.45, 2.75) is 22.7 Å². The summed E-state index contributed by atoms with van der Waals surface area (Å²) in [6, 6.07) is 13.6. The SMILES string of the molecule is C=CCn1c(SCCS(=O)(=O)c2ccc(Cl)cc2)nnc1[C@H]1COc2ccccc2O1. The van der Waals surface area contributed by atoms with Crippen LogP contribution in [0.25, 0.3) is 0 Å². The van der Waals surface area contributed by atoms with Crippen molar-refractivity contribution in [1.82, 2.24) is 14.8 Å². The molecule has 31 heavy (non-hydrogen) atoms. The summed E-state index contributed by atoms with van der Waals surface area (Å²) in [5.74, 6) is 2.24. The topological polar surface area (TPSA) is 83.3 Å². The number of hydrogen-bond donors (Lipinski definition) is 0. The van der Waals surface area contributed by atoms with Gasteiger partial charge in [-0.1, -0.05) is 41.6 Å². The Bertz CT molecular complexity index is 1180. The molecule has 3 aromatic rings. The van der Waals surface area contributed by atoms with E-state index in [1.54, 1.807) is 18.2 Å². The van der Waals surface area contributed by atoms with E-state index in [0.29, 0.717) is 46.4 Å². The number of allylic oxidation sites excluding steroid dienone is 1. The van der Waals surface area contributed by atoms with Crippen molar-refractivity contribution in [3.63, 3.8) is 0 Å². The van der Waals surface area contributed by atoms with Crippen molar-refractivity contribution in [3.8, 4) is 11.5 Å². The highest BCUT2D eigenvalue weighted by Gasteiger charge is 2.28. The molecule has 4 rings (SSSR count). The summed E-state index contributed by atoms with van der Waals surface area (Å²) in [7, 11) is -3.42. The predicted octanol–water partition coefficient (Wildman–Crippen LogP) is 4.20. The number of benzene rings is 2. The number of para-hydroxylation sites is 2. The van der Waals surface area contributed by atoms with Gasteiger partial charge in [-0.15, -0.1) is 16.8 Å². The molecule has 0 saturated heterocycles. The summed E-state index contributed by atoms with van der Waals surface area (Å²) in [6.07, 6.45) is 1.31. The number of sulfone groups is 1. The van der Waals surface area contributed by atoms with Gasteiger partial charge in [-0.2, -0.15) is 0 Å². The molecule has 0 N–H and O–H groups in total. The molecule has 1 aliphatic rings. The second-order valence-corrected chi connectivity index (χ2v) is 10.3. The summed E-state index contributed by atoms with van der Waals surface area (Å²) >= 11 is 7.17. The van der Waals surface area contributed by atoms with Crippen LogP contribution in [0, 0.1) is 0 Å². The van der Waals surface area contributed by atoms with Crippen molar-refractivity contribution in [3.05, 3.63) is 72.0 Å². The number of nitrogens with zero attached hydrogens (tertiary/aromatic N) is 3. The maximum atomic E-state index is 12.6. The van der Waals surface area contributed by atoms with E-state index >= 15 is 0 Å². The first kappa shape index (κ1) is 21.7. The molecule has 1 atom stereocenters. The zero-order valence-electron chi connectivity index (χ0n) is 16.5. The molecule has 0 spiro atoms. The molecule has 162 valence electrons. The first-order chi connectivity index (χ1) is 15.0. The Balaban J connectivity index is 1.46. The highest BCUT2D eigenvalue weighted by atomic mass is 35.5. The summed E-state index contributed by atoms with van der Waals surface area (Å²) in [5, 5.41) is 9.64. The van der Waals surface area contributed by atoms with Crippen LogP contribution in [0.2, 0.25) is 5.02 Å². The molecule has 0 saturated carbocycles. The van der Waals surface area contributed by atoms with E-state index < -0.39 is 15.9 Å². The number of halogens is 1. The van der Waals surface area contributed by atoms with Gasteiger partial charge in [-0.3, -0.25) is 4.57 Å². The molecule has 0 bridgehead atoms. The van der Waals surface area contributed by atoms with Crippen LogP contribution in [0.1, 0.15) is 11.9 Å². The van der Waals surface area contributed by atoms with Crippen LogP contribution >= 0.6 is 23.4 Å². The minimum atomic E-state index is -3.42. The number of fused-ring (bicyclic) bond motifs is 1. The zero-order chi connectivity index (χ0) is 21.8. The number of rotatable bonds is 8. The van der Waals surface area contributed by atoms with Gasteiger partial charge in [0.15, 0.2) is 38.4 Å². The van der Waals surface area contributed by atoms with Crippen LogP contribution in [0.3, 0.4) is 0 Å². The molecule has 0 aliphatic carbocycles. The molecule has 2 aromatic carbocycles. The van der Waals surface area contributed by atoms with Crippen LogP contribution in [-0.4, -0.2) is 41.3 Å². The molecule has 0 unspecified atom stereocenters. The van der Waals surface area contributed by atoms with Gasteiger partial charge >= 0.3 is 0 Å². The number of thioether (sulfide) groups is 1. The van der Waals surface area contributed by atoms with E-state index in [4.69, 9.17) is 21.1 Å². The lowest BCUT2D eigenvalue weighted by molar-refractivity contribution is 0.0821. The minimum absolute atomic E-state index is 0.0357. The average Bonchev–Trinajstić information content (AvgIpc) is 3.16. The van der Waals surface area contributed by atoms with Crippen molar-refractivity contribution < 1.29 is 17.9 Å². The molecular formula is C21H20ClN3O4S2. The number of ether oxygens (including phenoxy) is 2. The predicted molar refractivity (Wildman–Crippen MR) is 120 cm³/mol. The Morgan fingerprint density at radius 2 is 1.90 bits per heavy atom.